The maximum atomic E-state index is 12.7. The largest absolute Gasteiger partial charge is 0.633 e. The molecule has 0 atom stereocenters. The number of aliphatic hydroxyl groups is 1. The zero-order valence-electron chi connectivity index (χ0n) is 14.2. The van der Waals surface area contributed by atoms with Gasteiger partial charge in [0.2, 0.25) is 0 Å². The number of hydroxylamine groups is 3. The van der Waals surface area contributed by atoms with Gasteiger partial charge in [-0.05, 0) is 36.8 Å². The third-order valence-electron chi connectivity index (χ3n) is 5.24. The van der Waals surface area contributed by atoms with Gasteiger partial charge in [-0.3, -0.25) is 0 Å². The van der Waals surface area contributed by atoms with E-state index in [1.165, 1.54) is 6.42 Å². The summed E-state index contributed by atoms with van der Waals surface area (Å²) in [6.07, 6.45) is 4.55. The van der Waals surface area contributed by atoms with Crippen molar-refractivity contribution < 1.29 is 9.75 Å². The predicted molar refractivity (Wildman–Crippen MR) is 97.2 cm³/mol. The van der Waals surface area contributed by atoms with Crippen LogP contribution in [0.5, 0.6) is 0 Å². The fourth-order valence-electron chi connectivity index (χ4n) is 3.82. The van der Waals surface area contributed by atoms with E-state index in [1.807, 2.05) is 60.7 Å². The normalized spacial score (nSPS) is 17.6. The second kappa shape index (κ2) is 7.47. The fraction of sp³-hybridized carbons (Fsp3) is 0.429. The predicted octanol–water partition coefficient (Wildman–Crippen LogP) is 4.20. The summed E-state index contributed by atoms with van der Waals surface area (Å²) in [5.41, 5.74) is 0.761. The minimum absolute atomic E-state index is 0.0837. The zero-order chi connectivity index (χ0) is 16.9. The molecule has 1 heterocycles. The van der Waals surface area contributed by atoms with Crippen LogP contribution in [0.25, 0.3) is 0 Å². The SMILES string of the molecule is [O-][N+]1(CCCC(O)(c2ccccc2)c2ccccc2)CCCCC1. The molecule has 0 saturated carbocycles. The summed E-state index contributed by atoms with van der Waals surface area (Å²) in [7, 11) is 0. The average Bonchev–Trinajstić information content (AvgIpc) is 2.63. The molecule has 0 unspecified atom stereocenters. The van der Waals surface area contributed by atoms with E-state index < -0.39 is 5.60 Å². The van der Waals surface area contributed by atoms with Crippen molar-refractivity contribution in [3.8, 4) is 0 Å². The molecule has 1 aliphatic heterocycles. The highest BCUT2D eigenvalue weighted by molar-refractivity contribution is 5.35. The first-order valence-electron chi connectivity index (χ1n) is 9.03. The summed E-state index contributed by atoms with van der Waals surface area (Å²) in [5.74, 6) is 0. The van der Waals surface area contributed by atoms with Crippen molar-refractivity contribution in [3.63, 3.8) is 0 Å². The van der Waals surface area contributed by atoms with Crippen molar-refractivity contribution in [2.75, 3.05) is 19.6 Å². The summed E-state index contributed by atoms with van der Waals surface area (Å²) in [6.45, 7) is 2.06. The number of nitrogens with zero attached hydrogens (tertiary/aromatic N) is 1. The number of piperidine rings is 1. The lowest BCUT2D eigenvalue weighted by Gasteiger charge is -2.46. The number of rotatable bonds is 6. The molecule has 0 amide bonds. The Morgan fingerprint density at radius 2 is 1.33 bits per heavy atom. The molecule has 1 saturated heterocycles. The van der Waals surface area contributed by atoms with Crippen molar-refractivity contribution in [2.45, 2.75) is 37.7 Å². The van der Waals surface area contributed by atoms with Crippen LogP contribution in [0, 0.1) is 5.21 Å². The van der Waals surface area contributed by atoms with Gasteiger partial charge in [-0.1, -0.05) is 60.7 Å². The van der Waals surface area contributed by atoms with Gasteiger partial charge in [0.1, 0.15) is 5.60 Å². The van der Waals surface area contributed by atoms with Crippen LogP contribution in [0.15, 0.2) is 60.7 Å². The summed E-state index contributed by atoms with van der Waals surface area (Å²) in [4.78, 5) is 0. The monoisotopic (exact) mass is 325 g/mol. The molecule has 1 fully saturated rings. The van der Waals surface area contributed by atoms with E-state index in [9.17, 15) is 10.3 Å². The van der Waals surface area contributed by atoms with Gasteiger partial charge < -0.3 is 15.0 Å². The minimum atomic E-state index is -1.03. The lowest BCUT2D eigenvalue weighted by Crippen LogP contribution is -2.47. The van der Waals surface area contributed by atoms with E-state index in [4.69, 9.17) is 0 Å². The highest BCUT2D eigenvalue weighted by Gasteiger charge is 2.32. The molecule has 3 heteroatoms. The molecular formula is C21H27NO2. The molecule has 2 aromatic rings. The number of likely N-dealkylation sites (tertiary alicyclic amines) is 1. The molecule has 128 valence electrons. The Hall–Kier alpha value is -1.68. The van der Waals surface area contributed by atoms with Gasteiger partial charge in [0.15, 0.2) is 0 Å². The van der Waals surface area contributed by atoms with Crippen molar-refractivity contribution >= 4 is 0 Å². The molecule has 1 N–H and O–H groups in total. The van der Waals surface area contributed by atoms with E-state index >= 15 is 0 Å². The molecule has 0 spiro atoms. The van der Waals surface area contributed by atoms with Crippen molar-refractivity contribution in [1.29, 1.82) is 0 Å². The Bertz CT molecular complexity index is 581. The number of hydrogen-bond acceptors (Lipinski definition) is 2. The first-order chi connectivity index (χ1) is 11.6. The second-order valence-electron chi connectivity index (χ2n) is 6.99. The molecular weight excluding hydrogens is 298 g/mol. The highest BCUT2D eigenvalue weighted by Crippen LogP contribution is 2.34. The lowest BCUT2D eigenvalue weighted by molar-refractivity contribution is -0.885. The van der Waals surface area contributed by atoms with Gasteiger partial charge in [-0.25, -0.2) is 0 Å². The first kappa shape index (κ1) is 17.2. The molecule has 0 aromatic heterocycles. The molecule has 2 aromatic carbocycles. The summed E-state index contributed by atoms with van der Waals surface area (Å²) >= 11 is 0. The van der Waals surface area contributed by atoms with E-state index in [0.29, 0.717) is 13.0 Å². The molecule has 1 aliphatic rings. The Morgan fingerprint density at radius 3 is 1.83 bits per heavy atom. The maximum absolute atomic E-state index is 12.7. The molecule has 24 heavy (non-hydrogen) atoms. The molecule has 0 bridgehead atoms. The van der Waals surface area contributed by atoms with Crippen LogP contribution >= 0.6 is 0 Å². The maximum Gasteiger partial charge on any atom is 0.115 e. The summed E-state index contributed by atoms with van der Waals surface area (Å²) in [6, 6.07) is 19.6. The number of benzene rings is 2. The van der Waals surface area contributed by atoms with Gasteiger partial charge in [0.25, 0.3) is 0 Å². The third-order valence-corrected chi connectivity index (χ3v) is 5.24. The van der Waals surface area contributed by atoms with Crippen LogP contribution in [0.1, 0.15) is 43.2 Å². The van der Waals surface area contributed by atoms with E-state index in [0.717, 1.165) is 43.5 Å². The van der Waals surface area contributed by atoms with Crippen molar-refractivity contribution in [1.82, 2.24) is 0 Å². The van der Waals surface area contributed by atoms with Crippen LogP contribution < -0.4 is 0 Å². The smallest absolute Gasteiger partial charge is 0.115 e. The third kappa shape index (κ3) is 3.86. The van der Waals surface area contributed by atoms with Gasteiger partial charge in [0, 0.05) is 6.42 Å². The first-order valence-corrected chi connectivity index (χ1v) is 9.03. The van der Waals surface area contributed by atoms with Gasteiger partial charge in [-0.2, -0.15) is 0 Å². The van der Waals surface area contributed by atoms with Gasteiger partial charge in [0.05, 0.1) is 19.6 Å². The second-order valence-corrected chi connectivity index (χ2v) is 6.99. The van der Waals surface area contributed by atoms with Gasteiger partial charge in [-0.15, -0.1) is 0 Å². The van der Waals surface area contributed by atoms with Gasteiger partial charge >= 0.3 is 0 Å². The van der Waals surface area contributed by atoms with E-state index in [-0.39, 0.29) is 4.65 Å². The Kier molecular flexibility index (Phi) is 5.34. The Labute approximate surface area is 144 Å². The standard InChI is InChI=1S/C21H27NO2/c23-21(19-11-4-1-5-12-19,20-13-6-2-7-14-20)15-10-18-22(24)16-8-3-9-17-22/h1-2,4-7,11-14,23H,3,8-10,15-18H2. The van der Waals surface area contributed by atoms with Crippen LogP contribution in [-0.2, 0) is 5.60 Å². The van der Waals surface area contributed by atoms with E-state index in [1.54, 1.807) is 0 Å². The number of hydrogen-bond donors (Lipinski definition) is 1. The lowest BCUT2D eigenvalue weighted by atomic mass is 9.82. The van der Waals surface area contributed by atoms with Crippen molar-refractivity contribution in [2.24, 2.45) is 0 Å². The highest BCUT2D eigenvalue weighted by atomic mass is 16.5. The number of quaternary nitrogens is 1. The Morgan fingerprint density at radius 1 is 0.833 bits per heavy atom. The molecule has 3 rings (SSSR count). The Balaban J connectivity index is 1.76. The quantitative estimate of drug-likeness (QED) is 0.639. The summed E-state index contributed by atoms with van der Waals surface area (Å²) < 4.78 is -0.0837. The van der Waals surface area contributed by atoms with Crippen LogP contribution in [0.4, 0.5) is 0 Å². The van der Waals surface area contributed by atoms with Crippen LogP contribution in [0.3, 0.4) is 0 Å². The fourth-order valence-corrected chi connectivity index (χ4v) is 3.82. The average molecular weight is 325 g/mol. The minimum Gasteiger partial charge on any atom is -0.633 e. The van der Waals surface area contributed by atoms with E-state index in [2.05, 4.69) is 0 Å². The van der Waals surface area contributed by atoms with Crippen LogP contribution in [0.2, 0.25) is 0 Å². The molecule has 0 radical (unpaired) electrons. The molecule has 3 nitrogen and oxygen atoms in total. The summed E-state index contributed by atoms with van der Waals surface area (Å²) in [5, 5.41) is 24.2. The topological polar surface area (TPSA) is 43.3 Å². The van der Waals surface area contributed by atoms with Crippen LogP contribution in [-0.4, -0.2) is 29.4 Å². The van der Waals surface area contributed by atoms with Crippen molar-refractivity contribution in [3.05, 3.63) is 77.0 Å². The zero-order valence-corrected chi connectivity index (χ0v) is 14.2. The molecule has 0 aliphatic carbocycles.